The number of rotatable bonds is 2. The summed E-state index contributed by atoms with van der Waals surface area (Å²) in [6, 6.07) is 6.48. The lowest BCUT2D eigenvalue weighted by Crippen LogP contribution is -2.15. The highest BCUT2D eigenvalue weighted by Gasteiger charge is 2.17. The van der Waals surface area contributed by atoms with Gasteiger partial charge in [-0.3, -0.25) is 9.97 Å². The van der Waals surface area contributed by atoms with Crippen LogP contribution in [0.3, 0.4) is 0 Å². The van der Waals surface area contributed by atoms with E-state index in [0.717, 1.165) is 0 Å². The molecule has 0 radical (unpaired) electrons. The van der Waals surface area contributed by atoms with E-state index < -0.39 is 12.2 Å². The summed E-state index contributed by atoms with van der Waals surface area (Å²) in [5.41, 5.74) is 1.76. The average Bonchev–Trinajstić information content (AvgIpc) is 2.36. The van der Waals surface area contributed by atoms with Crippen LogP contribution < -0.4 is 0 Å². The lowest BCUT2D eigenvalue weighted by Gasteiger charge is -2.11. The molecule has 1 heterocycles. The maximum atomic E-state index is 9.63. The molecule has 0 amide bonds. The van der Waals surface area contributed by atoms with Crippen molar-refractivity contribution < 1.29 is 10.2 Å². The van der Waals surface area contributed by atoms with Crippen molar-refractivity contribution in [1.29, 1.82) is 5.26 Å². The third kappa shape index (κ3) is 1.84. The van der Waals surface area contributed by atoms with Crippen LogP contribution in [0.4, 0.5) is 0 Å². The predicted molar refractivity (Wildman–Crippen MR) is 56.1 cm³/mol. The Morgan fingerprint density at radius 3 is 2.50 bits per heavy atom. The van der Waals surface area contributed by atoms with Gasteiger partial charge in [0.1, 0.15) is 6.10 Å². The predicted octanol–water partition coefficient (Wildman–Crippen LogP) is 0.548. The smallest absolute Gasteiger partial charge is 0.170 e. The van der Waals surface area contributed by atoms with Crippen molar-refractivity contribution >= 4 is 11.0 Å². The molecule has 0 saturated heterocycles. The molecule has 1 aromatic heterocycles. The highest BCUT2D eigenvalue weighted by atomic mass is 16.3. The maximum absolute atomic E-state index is 9.63. The van der Waals surface area contributed by atoms with E-state index in [-0.39, 0.29) is 0 Å². The lowest BCUT2D eigenvalue weighted by atomic mass is 10.0. The Hall–Kier alpha value is -2.03. The number of hydrogen-bond donors (Lipinski definition) is 2. The first-order valence-corrected chi connectivity index (χ1v) is 4.69. The van der Waals surface area contributed by atoms with Crippen LogP contribution in [0.5, 0.6) is 0 Å². The average molecular weight is 215 g/mol. The number of aliphatic hydroxyl groups is 2. The van der Waals surface area contributed by atoms with E-state index in [1.807, 2.05) is 0 Å². The molecule has 2 N–H and O–H groups in total. The van der Waals surface area contributed by atoms with Gasteiger partial charge in [0.05, 0.1) is 17.1 Å². The molecule has 1 aromatic carbocycles. The van der Waals surface area contributed by atoms with E-state index >= 15 is 0 Å². The molecule has 0 aliphatic heterocycles. The van der Waals surface area contributed by atoms with Crippen LogP contribution in [0, 0.1) is 11.3 Å². The lowest BCUT2D eigenvalue weighted by molar-refractivity contribution is 0.0529. The zero-order valence-electron chi connectivity index (χ0n) is 8.28. The van der Waals surface area contributed by atoms with Crippen molar-refractivity contribution in [1.82, 2.24) is 9.97 Å². The van der Waals surface area contributed by atoms with Crippen LogP contribution in [0.15, 0.2) is 30.6 Å². The number of benzene rings is 1. The minimum atomic E-state index is -1.44. The number of fused-ring (bicyclic) bond motifs is 1. The van der Waals surface area contributed by atoms with Crippen LogP contribution in [-0.2, 0) is 0 Å². The molecule has 2 atom stereocenters. The fourth-order valence-electron chi connectivity index (χ4n) is 1.42. The Kier molecular flexibility index (Phi) is 2.77. The molecule has 5 heteroatoms. The van der Waals surface area contributed by atoms with Crippen LogP contribution >= 0.6 is 0 Å². The van der Waals surface area contributed by atoms with Crippen LogP contribution in [0.2, 0.25) is 0 Å². The van der Waals surface area contributed by atoms with Crippen LogP contribution in [0.25, 0.3) is 11.0 Å². The first kappa shape index (κ1) is 10.5. The molecule has 5 nitrogen and oxygen atoms in total. The van der Waals surface area contributed by atoms with E-state index in [9.17, 15) is 10.2 Å². The minimum Gasteiger partial charge on any atom is -0.385 e. The van der Waals surface area contributed by atoms with Crippen molar-refractivity contribution in [2.45, 2.75) is 12.2 Å². The first-order chi connectivity index (χ1) is 7.72. The summed E-state index contributed by atoms with van der Waals surface area (Å²) < 4.78 is 0. The summed E-state index contributed by atoms with van der Waals surface area (Å²) in [5.74, 6) is 0. The quantitative estimate of drug-likeness (QED) is 0.714. The second-order valence-electron chi connectivity index (χ2n) is 3.32. The Bertz CT molecular complexity index is 550. The number of aliphatic hydroxyl groups excluding tert-OH is 2. The zero-order chi connectivity index (χ0) is 11.5. The van der Waals surface area contributed by atoms with Crippen molar-refractivity contribution in [3.8, 4) is 6.07 Å². The van der Waals surface area contributed by atoms with Gasteiger partial charge in [-0.15, -0.1) is 0 Å². The Morgan fingerprint density at radius 1 is 1.12 bits per heavy atom. The molecular weight excluding hydrogens is 206 g/mol. The highest BCUT2D eigenvalue weighted by Crippen LogP contribution is 2.19. The van der Waals surface area contributed by atoms with E-state index in [4.69, 9.17) is 5.26 Å². The number of nitrogens with zero attached hydrogens (tertiary/aromatic N) is 3. The third-order valence-electron chi connectivity index (χ3n) is 2.27. The van der Waals surface area contributed by atoms with Gasteiger partial charge in [-0.05, 0) is 17.7 Å². The van der Waals surface area contributed by atoms with E-state index in [0.29, 0.717) is 16.6 Å². The summed E-state index contributed by atoms with van der Waals surface area (Å²) in [7, 11) is 0. The molecule has 0 spiro atoms. The highest BCUT2D eigenvalue weighted by molar-refractivity contribution is 5.74. The van der Waals surface area contributed by atoms with Crippen molar-refractivity contribution in [2.24, 2.45) is 0 Å². The van der Waals surface area contributed by atoms with Gasteiger partial charge in [0.25, 0.3) is 0 Å². The molecule has 2 rings (SSSR count). The summed E-state index contributed by atoms with van der Waals surface area (Å²) in [6.07, 6.45) is 0.451. The molecule has 0 aliphatic carbocycles. The fraction of sp³-hybridized carbons (Fsp3) is 0.182. The summed E-state index contributed by atoms with van der Waals surface area (Å²) in [5, 5.41) is 27.3. The SMILES string of the molecule is N#CC(O)C(O)c1ccc2nccnc2c1. The van der Waals surface area contributed by atoms with Gasteiger partial charge in [-0.2, -0.15) is 5.26 Å². The van der Waals surface area contributed by atoms with Crippen molar-refractivity contribution in [2.75, 3.05) is 0 Å². The van der Waals surface area contributed by atoms with Gasteiger partial charge in [0.2, 0.25) is 0 Å². The maximum Gasteiger partial charge on any atom is 0.170 e. The molecule has 80 valence electrons. The first-order valence-electron chi connectivity index (χ1n) is 4.69. The monoisotopic (exact) mass is 215 g/mol. The van der Waals surface area contributed by atoms with E-state index in [1.165, 1.54) is 0 Å². The molecule has 2 aromatic rings. The Balaban J connectivity index is 2.44. The van der Waals surface area contributed by atoms with Crippen LogP contribution in [-0.4, -0.2) is 26.3 Å². The van der Waals surface area contributed by atoms with E-state index in [1.54, 1.807) is 36.7 Å². The topological polar surface area (TPSA) is 90.0 Å². The number of hydrogen-bond acceptors (Lipinski definition) is 5. The van der Waals surface area contributed by atoms with Crippen LogP contribution in [0.1, 0.15) is 11.7 Å². The molecule has 16 heavy (non-hydrogen) atoms. The number of aromatic nitrogens is 2. The zero-order valence-corrected chi connectivity index (χ0v) is 8.28. The fourth-order valence-corrected chi connectivity index (χ4v) is 1.42. The van der Waals surface area contributed by atoms with Crippen molar-refractivity contribution in [3.05, 3.63) is 36.2 Å². The molecule has 0 fully saturated rings. The van der Waals surface area contributed by atoms with Crippen molar-refractivity contribution in [3.63, 3.8) is 0 Å². The van der Waals surface area contributed by atoms with Gasteiger partial charge in [-0.1, -0.05) is 6.07 Å². The van der Waals surface area contributed by atoms with Gasteiger partial charge >= 0.3 is 0 Å². The van der Waals surface area contributed by atoms with Gasteiger partial charge in [0, 0.05) is 12.4 Å². The second-order valence-corrected chi connectivity index (χ2v) is 3.32. The minimum absolute atomic E-state index is 0.446. The molecule has 0 bridgehead atoms. The summed E-state index contributed by atoms with van der Waals surface area (Å²) >= 11 is 0. The normalized spacial score (nSPS) is 14.3. The molecule has 2 unspecified atom stereocenters. The number of nitriles is 1. The van der Waals surface area contributed by atoms with E-state index in [2.05, 4.69) is 9.97 Å². The summed E-state index contributed by atoms with van der Waals surface area (Å²) in [6.45, 7) is 0. The Labute approximate surface area is 91.6 Å². The molecular formula is C11H9N3O2. The third-order valence-corrected chi connectivity index (χ3v) is 2.27. The Morgan fingerprint density at radius 2 is 1.81 bits per heavy atom. The second kappa shape index (κ2) is 4.23. The molecule has 0 aliphatic rings. The summed E-state index contributed by atoms with van der Waals surface area (Å²) in [4.78, 5) is 8.15. The van der Waals surface area contributed by atoms with Gasteiger partial charge < -0.3 is 10.2 Å². The molecule has 0 saturated carbocycles. The van der Waals surface area contributed by atoms with Gasteiger partial charge in [0.15, 0.2) is 6.10 Å². The van der Waals surface area contributed by atoms with Gasteiger partial charge in [-0.25, -0.2) is 0 Å². The largest absolute Gasteiger partial charge is 0.385 e. The standard InChI is InChI=1S/C11H9N3O2/c12-6-10(15)11(16)7-1-2-8-9(5-7)14-4-3-13-8/h1-5,10-11,15-16H.